The standard InChI is InChI=1S/C18H19N5O7/c19-15-10-16(21-7-20-10)23(9(22-15)6-8-4-2-1-3-5-8)18(29)14(26)12(25)11(24)13(30-18)17(27)28/h1-5,7,11-14,19,24-26,29H,6H2,(H,20,21)(H,27,28)/t11-,12-,13-,14+,18?/m0/s1. The Balaban J connectivity index is 1.95. The molecule has 0 bridgehead atoms. The molecule has 1 aromatic carbocycles. The molecule has 1 aliphatic heterocycles. The largest absolute Gasteiger partial charge is 0.479 e. The van der Waals surface area contributed by atoms with Crippen LogP contribution in [0.2, 0.25) is 0 Å². The van der Waals surface area contributed by atoms with Gasteiger partial charge in [0.2, 0.25) is 0 Å². The van der Waals surface area contributed by atoms with Crippen molar-refractivity contribution in [2.45, 2.75) is 36.7 Å². The van der Waals surface area contributed by atoms with Gasteiger partial charge in [0.15, 0.2) is 23.3 Å². The molecule has 2 aromatic heterocycles. The second-order valence-corrected chi connectivity index (χ2v) is 6.94. The summed E-state index contributed by atoms with van der Waals surface area (Å²) in [7, 11) is 0. The summed E-state index contributed by atoms with van der Waals surface area (Å²) >= 11 is 0. The second-order valence-electron chi connectivity index (χ2n) is 6.94. The summed E-state index contributed by atoms with van der Waals surface area (Å²) in [4.78, 5) is 22.4. The number of aliphatic hydroxyl groups is 4. The Bertz CT molecular complexity index is 1150. The molecule has 1 saturated heterocycles. The lowest BCUT2D eigenvalue weighted by Crippen LogP contribution is -2.67. The molecule has 7 N–H and O–H groups in total. The number of hydrogen-bond donors (Lipinski definition) is 7. The number of aromatic nitrogens is 4. The smallest absolute Gasteiger partial charge is 0.335 e. The van der Waals surface area contributed by atoms with Gasteiger partial charge in [-0.15, -0.1) is 0 Å². The summed E-state index contributed by atoms with van der Waals surface area (Å²) in [6.07, 6.45) is -6.95. The summed E-state index contributed by atoms with van der Waals surface area (Å²) in [5.74, 6) is -4.49. The zero-order valence-corrected chi connectivity index (χ0v) is 15.4. The van der Waals surface area contributed by atoms with Crippen molar-refractivity contribution < 1.29 is 35.1 Å². The number of aliphatic hydroxyl groups excluding tert-OH is 3. The lowest BCUT2D eigenvalue weighted by molar-refractivity contribution is -0.383. The maximum absolute atomic E-state index is 11.5. The van der Waals surface area contributed by atoms with E-state index < -0.39 is 36.3 Å². The number of benzene rings is 1. The van der Waals surface area contributed by atoms with E-state index in [1.54, 1.807) is 30.3 Å². The van der Waals surface area contributed by atoms with Crippen LogP contribution in [0.5, 0.6) is 0 Å². The van der Waals surface area contributed by atoms with Crippen molar-refractivity contribution in [2.24, 2.45) is 0 Å². The lowest BCUT2D eigenvalue weighted by atomic mass is 9.95. The maximum atomic E-state index is 11.5. The van der Waals surface area contributed by atoms with Gasteiger partial charge in [-0.1, -0.05) is 30.3 Å². The number of hydrogen-bond acceptors (Lipinski definition) is 9. The lowest BCUT2D eigenvalue weighted by Gasteiger charge is -2.45. The molecule has 1 fully saturated rings. The van der Waals surface area contributed by atoms with Crippen LogP contribution >= 0.6 is 0 Å². The summed E-state index contributed by atoms with van der Waals surface area (Å²) in [6, 6.07) is 8.89. The van der Waals surface area contributed by atoms with Crippen LogP contribution in [0.4, 0.5) is 0 Å². The first kappa shape index (κ1) is 20.1. The topological polar surface area (TPSA) is 198 Å². The first-order valence-corrected chi connectivity index (χ1v) is 8.95. The molecule has 30 heavy (non-hydrogen) atoms. The fraction of sp³-hybridized carbons (Fsp3) is 0.333. The van der Waals surface area contributed by atoms with Gasteiger partial charge in [-0.2, -0.15) is 0 Å². The average Bonchev–Trinajstić information content (AvgIpc) is 3.20. The van der Waals surface area contributed by atoms with Crippen LogP contribution in [0.3, 0.4) is 0 Å². The zero-order valence-electron chi connectivity index (χ0n) is 15.4. The Morgan fingerprint density at radius 3 is 2.60 bits per heavy atom. The molecule has 0 aliphatic carbocycles. The Morgan fingerprint density at radius 1 is 1.23 bits per heavy atom. The number of rotatable bonds is 4. The third-order valence-corrected chi connectivity index (χ3v) is 5.01. The number of imidazole rings is 1. The van der Waals surface area contributed by atoms with E-state index in [0.717, 1.165) is 10.1 Å². The van der Waals surface area contributed by atoms with Crippen molar-refractivity contribution in [3.63, 3.8) is 0 Å². The number of aliphatic carboxylic acids is 1. The van der Waals surface area contributed by atoms with Crippen LogP contribution in [0, 0.1) is 5.41 Å². The van der Waals surface area contributed by atoms with E-state index in [-0.39, 0.29) is 28.9 Å². The van der Waals surface area contributed by atoms with Gasteiger partial charge in [0.05, 0.1) is 6.33 Å². The van der Waals surface area contributed by atoms with Gasteiger partial charge in [-0.3, -0.25) is 9.98 Å². The van der Waals surface area contributed by atoms with Gasteiger partial charge in [-0.05, 0) is 5.56 Å². The molecule has 1 unspecified atom stereocenters. The normalized spacial score (nSPS) is 29.2. The highest BCUT2D eigenvalue weighted by Crippen LogP contribution is 2.34. The minimum atomic E-state index is -2.85. The molecule has 5 atom stereocenters. The van der Waals surface area contributed by atoms with E-state index in [1.165, 1.54) is 6.33 Å². The van der Waals surface area contributed by atoms with Crippen molar-refractivity contribution in [3.05, 3.63) is 53.5 Å². The summed E-state index contributed by atoms with van der Waals surface area (Å²) in [5.41, 5.74) is 0.560. The Hall–Kier alpha value is -3.16. The Kier molecular flexibility index (Phi) is 4.88. The first-order chi connectivity index (χ1) is 14.2. The highest BCUT2D eigenvalue weighted by atomic mass is 16.7. The van der Waals surface area contributed by atoms with Crippen LogP contribution < -0.4 is 5.49 Å². The molecule has 0 amide bonds. The SMILES string of the molecule is N=c1nc(Cc2ccccc2)n(C2(O)O[C@H](C(=O)O)[C@@H](O)[C@H](O)[C@H]2O)c2nc[nH]c12. The summed E-state index contributed by atoms with van der Waals surface area (Å²) < 4.78 is 6.15. The number of aromatic amines is 1. The third kappa shape index (κ3) is 3.07. The van der Waals surface area contributed by atoms with E-state index >= 15 is 0 Å². The maximum Gasteiger partial charge on any atom is 0.335 e. The van der Waals surface area contributed by atoms with Crippen LogP contribution in [0.15, 0.2) is 36.7 Å². The molecule has 12 heteroatoms. The van der Waals surface area contributed by atoms with Crippen molar-refractivity contribution in [3.8, 4) is 0 Å². The van der Waals surface area contributed by atoms with Gasteiger partial charge in [0.25, 0.3) is 5.91 Å². The highest BCUT2D eigenvalue weighted by Gasteiger charge is 2.57. The van der Waals surface area contributed by atoms with E-state index in [2.05, 4.69) is 15.0 Å². The van der Waals surface area contributed by atoms with Crippen LogP contribution in [0.25, 0.3) is 11.2 Å². The number of H-pyrrole nitrogens is 1. The number of nitrogens with zero attached hydrogens (tertiary/aromatic N) is 3. The van der Waals surface area contributed by atoms with Gasteiger partial charge >= 0.3 is 5.97 Å². The predicted molar refractivity (Wildman–Crippen MR) is 97.7 cm³/mol. The molecule has 158 valence electrons. The van der Waals surface area contributed by atoms with Crippen molar-refractivity contribution in [1.29, 1.82) is 5.41 Å². The zero-order chi connectivity index (χ0) is 21.6. The minimum Gasteiger partial charge on any atom is -0.479 e. The second kappa shape index (κ2) is 7.27. The molecule has 0 spiro atoms. The van der Waals surface area contributed by atoms with Crippen molar-refractivity contribution >= 4 is 17.1 Å². The minimum absolute atomic E-state index is 0.0140. The van der Waals surface area contributed by atoms with E-state index in [9.17, 15) is 30.3 Å². The van der Waals surface area contributed by atoms with Gasteiger partial charge in [0.1, 0.15) is 23.5 Å². The van der Waals surface area contributed by atoms with Gasteiger partial charge in [0, 0.05) is 6.42 Å². The summed E-state index contributed by atoms with van der Waals surface area (Å²) in [5, 5.41) is 59.5. The third-order valence-electron chi connectivity index (χ3n) is 5.01. The predicted octanol–water partition coefficient (Wildman–Crippen LogP) is -2.00. The number of fused-ring (bicyclic) bond motifs is 1. The molecule has 3 heterocycles. The van der Waals surface area contributed by atoms with Crippen LogP contribution in [-0.4, -0.2) is 75.4 Å². The molecule has 4 rings (SSSR count). The van der Waals surface area contributed by atoms with Gasteiger partial charge < -0.3 is 35.3 Å². The van der Waals surface area contributed by atoms with E-state index in [4.69, 9.17) is 10.1 Å². The van der Waals surface area contributed by atoms with Crippen molar-refractivity contribution in [2.75, 3.05) is 0 Å². The van der Waals surface area contributed by atoms with Crippen LogP contribution in [-0.2, 0) is 21.9 Å². The van der Waals surface area contributed by atoms with Crippen molar-refractivity contribution in [1.82, 2.24) is 19.5 Å². The molecule has 0 saturated carbocycles. The van der Waals surface area contributed by atoms with Gasteiger partial charge in [-0.25, -0.2) is 14.8 Å². The number of carboxylic acid groups (broad SMARTS) is 1. The highest BCUT2D eigenvalue weighted by molar-refractivity contribution is 5.73. The van der Waals surface area contributed by atoms with Crippen LogP contribution in [0.1, 0.15) is 11.4 Å². The first-order valence-electron chi connectivity index (χ1n) is 8.95. The number of nitrogens with one attached hydrogen (secondary N) is 2. The molecular weight excluding hydrogens is 398 g/mol. The molecule has 0 radical (unpaired) electrons. The molecular formula is C18H19N5O7. The Morgan fingerprint density at radius 2 is 1.93 bits per heavy atom. The number of carboxylic acids is 1. The van der Waals surface area contributed by atoms with E-state index in [0.29, 0.717) is 0 Å². The molecule has 1 aliphatic rings. The monoisotopic (exact) mass is 417 g/mol. The number of ether oxygens (including phenoxy) is 1. The average molecular weight is 417 g/mol. The molecule has 12 nitrogen and oxygen atoms in total. The summed E-state index contributed by atoms with van der Waals surface area (Å²) in [6.45, 7) is 0. The number of carbonyl (C=O) groups is 1. The fourth-order valence-electron chi connectivity index (χ4n) is 3.52. The molecule has 3 aromatic rings. The quantitative estimate of drug-likeness (QED) is 0.251. The fourth-order valence-corrected chi connectivity index (χ4v) is 3.52. The Labute approximate surface area is 168 Å². The van der Waals surface area contributed by atoms with E-state index in [1.807, 2.05) is 0 Å².